The Morgan fingerprint density at radius 3 is 1.92 bits per heavy atom. The molecule has 0 aliphatic carbocycles. The molecular weight excluding hydrogens is 308 g/mol. The van der Waals surface area contributed by atoms with Crippen LogP contribution in [0.4, 0.5) is 0 Å². The van der Waals surface area contributed by atoms with Gasteiger partial charge < -0.3 is 4.74 Å². The van der Waals surface area contributed by atoms with Crippen LogP contribution in [0.2, 0.25) is 0 Å². The highest BCUT2D eigenvalue weighted by Crippen LogP contribution is 2.32. The zero-order valence-electron chi connectivity index (χ0n) is 14.0. The third-order valence-electron chi connectivity index (χ3n) is 4.18. The highest BCUT2D eigenvalue weighted by atomic mass is 16.5. The molecule has 0 atom stereocenters. The summed E-state index contributed by atoms with van der Waals surface area (Å²) in [5, 5.41) is 4.86. The van der Waals surface area contributed by atoms with Crippen LogP contribution < -0.4 is 4.74 Å². The van der Waals surface area contributed by atoms with E-state index in [1.165, 1.54) is 0 Å². The number of hydrogen-bond donors (Lipinski definition) is 0. The molecule has 0 saturated carbocycles. The molecule has 1 aromatic heterocycles. The van der Waals surface area contributed by atoms with E-state index in [4.69, 9.17) is 9.84 Å². The number of ether oxygens (including phenoxy) is 1. The van der Waals surface area contributed by atoms with Gasteiger partial charge in [0.1, 0.15) is 11.4 Å². The van der Waals surface area contributed by atoms with Crippen LogP contribution in [0.5, 0.6) is 5.75 Å². The van der Waals surface area contributed by atoms with E-state index >= 15 is 0 Å². The molecular formula is C22H18N2O. The standard InChI is InChI=1S/C22H18N2O/c1-25-20-14-12-19(13-15-20)24-16-21(17-8-4-2-5-9-17)22(23-24)18-10-6-3-7-11-18/h2-16H,1H3. The summed E-state index contributed by atoms with van der Waals surface area (Å²) < 4.78 is 7.16. The first kappa shape index (κ1) is 15.2. The van der Waals surface area contributed by atoms with Gasteiger partial charge in [-0.05, 0) is 29.8 Å². The van der Waals surface area contributed by atoms with Crippen LogP contribution in [0, 0.1) is 0 Å². The minimum Gasteiger partial charge on any atom is -0.497 e. The van der Waals surface area contributed by atoms with Crippen LogP contribution in [-0.4, -0.2) is 16.9 Å². The van der Waals surface area contributed by atoms with Crippen molar-refractivity contribution < 1.29 is 4.74 Å². The predicted molar refractivity (Wildman–Crippen MR) is 101 cm³/mol. The van der Waals surface area contributed by atoms with E-state index in [-0.39, 0.29) is 0 Å². The lowest BCUT2D eigenvalue weighted by Crippen LogP contribution is -1.94. The van der Waals surface area contributed by atoms with E-state index in [2.05, 4.69) is 42.6 Å². The van der Waals surface area contributed by atoms with Gasteiger partial charge in [-0.2, -0.15) is 5.10 Å². The van der Waals surface area contributed by atoms with Crippen molar-refractivity contribution in [2.75, 3.05) is 7.11 Å². The van der Waals surface area contributed by atoms with E-state index in [9.17, 15) is 0 Å². The smallest absolute Gasteiger partial charge is 0.119 e. The van der Waals surface area contributed by atoms with Crippen molar-refractivity contribution in [2.24, 2.45) is 0 Å². The van der Waals surface area contributed by atoms with Crippen molar-refractivity contribution in [1.82, 2.24) is 9.78 Å². The third-order valence-corrected chi connectivity index (χ3v) is 4.18. The van der Waals surface area contributed by atoms with Gasteiger partial charge in [0.2, 0.25) is 0 Å². The van der Waals surface area contributed by atoms with Crippen LogP contribution in [0.3, 0.4) is 0 Å². The quantitative estimate of drug-likeness (QED) is 0.514. The maximum absolute atomic E-state index is 5.24. The molecule has 1 heterocycles. The minimum absolute atomic E-state index is 0.836. The van der Waals surface area contributed by atoms with Crippen molar-refractivity contribution in [1.29, 1.82) is 0 Å². The average Bonchev–Trinajstić information content (AvgIpc) is 3.15. The summed E-state index contributed by atoms with van der Waals surface area (Å²) >= 11 is 0. The van der Waals surface area contributed by atoms with Crippen LogP contribution in [0.25, 0.3) is 28.1 Å². The van der Waals surface area contributed by atoms with Crippen molar-refractivity contribution in [3.63, 3.8) is 0 Å². The molecule has 4 rings (SSSR count). The van der Waals surface area contributed by atoms with Crippen molar-refractivity contribution in [3.05, 3.63) is 91.1 Å². The highest BCUT2D eigenvalue weighted by Gasteiger charge is 2.13. The topological polar surface area (TPSA) is 27.1 Å². The van der Waals surface area contributed by atoms with Gasteiger partial charge in [-0.25, -0.2) is 4.68 Å². The molecule has 0 aliphatic heterocycles. The molecule has 4 aromatic rings. The van der Waals surface area contributed by atoms with E-state index in [1.807, 2.05) is 53.2 Å². The summed E-state index contributed by atoms with van der Waals surface area (Å²) in [7, 11) is 1.67. The second kappa shape index (κ2) is 6.65. The molecule has 122 valence electrons. The number of benzene rings is 3. The summed E-state index contributed by atoms with van der Waals surface area (Å²) in [6.45, 7) is 0. The molecule has 0 N–H and O–H groups in total. The monoisotopic (exact) mass is 326 g/mol. The maximum Gasteiger partial charge on any atom is 0.119 e. The van der Waals surface area contributed by atoms with Crippen LogP contribution in [0.1, 0.15) is 0 Å². The Balaban J connectivity index is 1.86. The maximum atomic E-state index is 5.24. The predicted octanol–water partition coefficient (Wildman–Crippen LogP) is 5.21. The Kier molecular flexibility index (Phi) is 4.05. The van der Waals surface area contributed by atoms with Gasteiger partial charge >= 0.3 is 0 Å². The first-order chi connectivity index (χ1) is 12.3. The molecule has 0 fully saturated rings. The fourth-order valence-corrected chi connectivity index (χ4v) is 2.88. The Bertz CT molecular complexity index is 901. The van der Waals surface area contributed by atoms with E-state index < -0.39 is 0 Å². The molecule has 0 saturated heterocycles. The molecule has 0 unspecified atom stereocenters. The lowest BCUT2D eigenvalue weighted by Gasteiger charge is -2.03. The molecule has 3 nitrogen and oxygen atoms in total. The van der Waals surface area contributed by atoms with Gasteiger partial charge in [0.05, 0.1) is 12.8 Å². The summed E-state index contributed by atoms with van der Waals surface area (Å²) in [6, 6.07) is 28.5. The first-order valence-electron chi connectivity index (χ1n) is 8.20. The Morgan fingerprint density at radius 2 is 1.32 bits per heavy atom. The molecule has 3 aromatic carbocycles. The largest absolute Gasteiger partial charge is 0.497 e. The number of methoxy groups -OCH3 is 1. The van der Waals surface area contributed by atoms with Gasteiger partial charge in [-0.15, -0.1) is 0 Å². The molecule has 0 aliphatic rings. The second-order valence-electron chi connectivity index (χ2n) is 5.77. The van der Waals surface area contributed by atoms with Crippen LogP contribution >= 0.6 is 0 Å². The SMILES string of the molecule is COc1ccc(-n2cc(-c3ccccc3)c(-c3ccccc3)n2)cc1. The first-order valence-corrected chi connectivity index (χ1v) is 8.20. The van der Waals surface area contributed by atoms with Crippen molar-refractivity contribution in [3.8, 4) is 33.8 Å². The number of rotatable bonds is 4. The molecule has 0 amide bonds. The Morgan fingerprint density at radius 1 is 0.720 bits per heavy atom. The van der Waals surface area contributed by atoms with Gasteiger partial charge in [0.15, 0.2) is 0 Å². The molecule has 0 radical (unpaired) electrons. The molecule has 0 spiro atoms. The minimum atomic E-state index is 0.836. The Labute approximate surface area is 147 Å². The zero-order chi connectivity index (χ0) is 17.1. The van der Waals surface area contributed by atoms with Gasteiger partial charge in [0.25, 0.3) is 0 Å². The summed E-state index contributed by atoms with van der Waals surface area (Å²) in [4.78, 5) is 0. The van der Waals surface area contributed by atoms with E-state index in [0.717, 1.165) is 33.8 Å². The van der Waals surface area contributed by atoms with Gasteiger partial charge in [0, 0.05) is 17.3 Å². The highest BCUT2D eigenvalue weighted by molar-refractivity contribution is 5.80. The molecule has 0 bridgehead atoms. The van der Waals surface area contributed by atoms with Gasteiger partial charge in [-0.3, -0.25) is 0 Å². The number of hydrogen-bond acceptors (Lipinski definition) is 2. The number of aromatic nitrogens is 2. The summed E-state index contributed by atoms with van der Waals surface area (Å²) in [5.74, 6) is 0.836. The lowest BCUT2D eigenvalue weighted by atomic mass is 10.0. The number of nitrogens with zero attached hydrogens (tertiary/aromatic N) is 2. The van der Waals surface area contributed by atoms with Crippen molar-refractivity contribution >= 4 is 0 Å². The normalized spacial score (nSPS) is 10.6. The fourth-order valence-electron chi connectivity index (χ4n) is 2.88. The van der Waals surface area contributed by atoms with Gasteiger partial charge in [-0.1, -0.05) is 60.7 Å². The van der Waals surface area contributed by atoms with E-state index in [0.29, 0.717) is 0 Å². The molecule has 25 heavy (non-hydrogen) atoms. The Hall–Kier alpha value is -3.33. The van der Waals surface area contributed by atoms with Crippen LogP contribution in [-0.2, 0) is 0 Å². The van der Waals surface area contributed by atoms with E-state index in [1.54, 1.807) is 7.11 Å². The van der Waals surface area contributed by atoms with Crippen LogP contribution in [0.15, 0.2) is 91.1 Å². The zero-order valence-corrected chi connectivity index (χ0v) is 14.0. The summed E-state index contributed by atoms with van der Waals surface area (Å²) in [6.07, 6.45) is 2.08. The summed E-state index contributed by atoms with van der Waals surface area (Å²) in [5.41, 5.74) is 5.35. The second-order valence-corrected chi connectivity index (χ2v) is 5.77. The van der Waals surface area contributed by atoms with Crippen molar-refractivity contribution in [2.45, 2.75) is 0 Å². The molecule has 3 heteroatoms. The lowest BCUT2D eigenvalue weighted by molar-refractivity contribution is 0.414. The fraction of sp³-hybridized carbons (Fsp3) is 0.0455. The average molecular weight is 326 g/mol. The third kappa shape index (κ3) is 3.04.